The number of aliphatic hydroxyl groups is 1. The van der Waals surface area contributed by atoms with Gasteiger partial charge < -0.3 is 10.4 Å². The molecular formula is C6H12FNO. The lowest BCUT2D eigenvalue weighted by Crippen LogP contribution is -2.41. The van der Waals surface area contributed by atoms with Crippen molar-refractivity contribution in [2.45, 2.75) is 25.1 Å². The summed E-state index contributed by atoms with van der Waals surface area (Å²) in [6.07, 6.45) is 0.656. The number of nitrogens with one attached hydrogen (secondary N) is 1. The van der Waals surface area contributed by atoms with E-state index in [9.17, 15) is 4.39 Å². The van der Waals surface area contributed by atoms with Crippen LogP contribution in [0, 0.1) is 0 Å². The fourth-order valence-electron chi connectivity index (χ4n) is 1.04. The molecule has 1 fully saturated rings. The molecule has 0 aromatic heterocycles. The second kappa shape index (κ2) is 3.13. The lowest BCUT2D eigenvalue weighted by atomic mass is 10.0. The lowest BCUT2D eigenvalue weighted by molar-refractivity contribution is 0.174. The summed E-state index contributed by atoms with van der Waals surface area (Å²) in [4.78, 5) is 0. The summed E-state index contributed by atoms with van der Waals surface area (Å²) in [5.41, 5.74) is 0. The molecule has 3 heteroatoms. The number of piperidine rings is 1. The topological polar surface area (TPSA) is 32.3 Å². The van der Waals surface area contributed by atoms with Gasteiger partial charge in [-0.1, -0.05) is 0 Å². The van der Waals surface area contributed by atoms with E-state index in [1.54, 1.807) is 0 Å². The van der Waals surface area contributed by atoms with Crippen molar-refractivity contribution in [2.24, 2.45) is 0 Å². The molecule has 1 saturated heterocycles. The van der Waals surface area contributed by atoms with Gasteiger partial charge in [0, 0.05) is 12.6 Å². The number of hydrogen-bond acceptors (Lipinski definition) is 2. The number of halogens is 1. The number of alkyl halides is 1. The monoisotopic (exact) mass is 133 g/mol. The third kappa shape index (κ3) is 1.91. The molecule has 54 valence electrons. The zero-order valence-corrected chi connectivity index (χ0v) is 5.31. The Morgan fingerprint density at radius 3 is 2.78 bits per heavy atom. The van der Waals surface area contributed by atoms with E-state index < -0.39 is 6.17 Å². The molecule has 1 rings (SSSR count). The van der Waals surface area contributed by atoms with Gasteiger partial charge in [-0.05, 0) is 12.8 Å². The van der Waals surface area contributed by atoms with Gasteiger partial charge in [0.05, 0.1) is 6.61 Å². The molecule has 0 saturated carbocycles. The smallest absolute Gasteiger partial charge is 0.113 e. The Balaban J connectivity index is 2.18. The van der Waals surface area contributed by atoms with E-state index in [1.807, 2.05) is 0 Å². The Hall–Kier alpha value is -0.150. The Labute approximate surface area is 54.1 Å². The van der Waals surface area contributed by atoms with Crippen LogP contribution in [0.15, 0.2) is 0 Å². The van der Waals surface area contributed by atoms with E-state index in [4.69, 9.17) is 5.11 Å². The minimum atomic E-state index is -0.701. The van der Waals surface area contributed by atoms with Crippen molar-refractivity contribution in [1.82, 2.24) is 5.32 Å². The molecular weight excluding hydrogens is 121 g/mol. The van der Waals surface area contributed by atoms with E-state index in [0.29, 0.717) is 13.0 Å². The highest BCUT2D eigenvalue weighted by atomic mass is 19.1. The highest BCUT2D eigenvalue weighted by molar-refractivity contribution is 4.76. The van der Waals surface area contributed by atoms with Crippen molar-refractivity contribution in [3.8, 4) is 0 Å². The molecule has 2 N–H and O–H groups in total. The number of hydrogen-bond donors (Lipinski definition) is 2. The molecule has 0 aromatic carbocycles. The summed E-state index contributed by atoms with van der Waals surface area (Å²) in [7, 11) is 0. The molecule has 0 radical (unpaired) electrons. The molecule has 0 spiro atoms. The van der Waals surface area contributed by atoms with E-state index in [2.05, 4.69) is 5.32 Å². The lowest BCUT2D eigenvalue weighted by Gasteiger charge is -2.23. The number of rotatable bonds is 1. The highest BCUT2D eigenvalue weighted by Crippen LogP contribution is 2.09. The van der Waals surface area contributed by atoms with E-state index in [1.165, 1.54) is 0 Å². The Kier molecular flexibility index (Phi) is 2.42. The average Bonchev–Trinajstić information content (AvgIpc) is 1.90. The standard InChI is InChI=1S/C6H12FNO/c7-5-1-2-6(4-9)8-3-5/h5-6,8-9H,1-4H2/t5-,6-/m1/s1. The first-order valence-corrected chi connectivity index (χ1v) is 3.31. The van der Waals surface area contributed by atoms with Crippen LogP contribution in [0.4, 0.5) is 4.39 Å². The van der Waals surface area contributed by atoms with Crippen LogP contribution in [0.25, 0.3) is 0 Å². The molecule has 0 bridgehead atoms. The maximum absolute atomic E-state index is 12.3. The van der Waals surface area contributed by atoms with Crippen molar-refractivity contribution in [3.05, 3.63) is 0 Å². The van der Waals surface area contributed by atoms with Gasteiger partial charge in [-0.3, -0.25) is 0 Å². The van der Waals surface area contributed by atoms with Crippen LogP contribution in [-0.2, 0) is 0 Å². The van der Waals surface area contributed by atoms with Crippen LogP contribution in [0.5, 0.6) is 0 Å². The second-order valence-electron chi connectivity index (χ2n) is 2.46. The Bertz CT molecular complexity index is 81.1. The zero-order chi connectivity index (χ0) is 6.69. The van der Waals surface area contributed by atoms with Gasteiger partial charge in [-0.25, -0.2) is 4.39 Å². The zero-order valence-electron chi connectivity index (χ0n) is 5.31. The molecule has 0 amide bonds. The maximum atomic E-state index is 12.3. The summed E-state index contributed by atoms with van der Waals surface area (Å²) in [6.45, 7) is 0.540. The predicted octanol–water partition coefficient (Wildman–Crippen LogP) is 0.0688. The minimum Gasteiger partial charge on any atom is -0.395 e. The molecule has 1 aliphatic heterocycles. The molecule has 2 nitrogen and oxygen atoms in total. The second-order valence-corrected chi connectivity index (χ2v) is 2.46. The highest BCUT2D eigenvalue weighted by Gasteiger charge is 2.18. The fourth-order valence-corrected chi connectivity index (χ4v) is 1.04. The van der Waals surface area contributed by atoms with Gasteiger partial charge in [-0.2, -0.15) is 0 Å². The quantitative estimate of drug-likeness (QED) is 0.530. The van der Waals surface area contributed by atoms with Gasteiger partial charge in [0.25, 0.3) is 0 Å². The van der Waals surface area contributed by atoms with Gasteiger partial charge in [0.1, 0.15) is 6.17 Å². The van der Waals surface area contributed by atoms with Crippen LogP contribution in [-0.4, -0.2) is 30.5 Å². The molecule has 2 atom stereocenters. The first-order chi connectivity index (χ1) is 4.33. The maximum Gasteiger partial charge on any atom is 0.113 e. The summed E-state index contributed by atoms with van der Waals surface area (Å²) in [5.74, 6) is 0. The molecule has 0 aromatic rings. The van der Waals surface area contributed by atoms with E-state index in [0.717, 1.165) is 6.42 Å². The summed E-state index contributed by atoms with van der Waals surface area (Å²) in [6, 6.07) is 0.136. The van der Waals surface area contributed by atoms with Gasteiger partial charge in [0.2, 0.25) is 0 Å². The van der Waals surface area contributed by atoms with Gasteiger partial charge in [-0.15, -0.1) is 0 Å². The summed E-state index contributed by atoms with van der Waals surface area (Å²) < 4.78 is 12.3. The van der Waals surface area contributed by atoms with Crippen molar-refractivity contribution in [3.63, 3.8) is 0 Å². The van der Waals surface area contributed by atoms with Crippen LogP contribution >= 0.6 is 0 Å². The Morgan fingerprint density at radius 2 is 2.33 bits per heavy atom. The predicted molar refractivity (Wildman–Crippen MR) is 33.0 cm³/mol. The average molecular weight is 133 g/mol. The van der Waals surface area contributed by atoms with Gasteiger partial charge >= 0.3 is 0 Å². The third-order valence-electron chi connectivity index (χ3n) is 1.68. The minimum absolute atomic E-state index is 0.132. The first-order valence-electron chi connectivity index (χ1n) is 3.31. The van der Waals surface area contributed by atoms with Crippen LogP contribution in [0.2, 0.25) is 0 Å². The normalized spacial score (nSPS) is 36.7. The number of aliphatic hydroxyl groups excluding tert-OH is 1. The van der Waals surface area contributed by atoms with E-state index in [-0.39, 0.29) is 12.6 Å². The third-order valence-corrected chi connectivity index (χ3v) is 1.68. The molecule has 1 aliphatic rings. The van der Waals surface area contributed by atoms with Gasteiger partial charge in [0.15, 0.2) is 0 Å². The molecule has 0 unspecified atom stereocenters. The molecule has 1 heterocycles. The van der Waals surface area contributed by atoms with Crippen molar-refractivity contribution in [2.75, 3.05) is 13.2 Å². The van der Waals surface area contributed by atoms with Crippen molar-refractivity contribution < 1.29 is 9.50 Å². The molecule has 0 aliphatic carbocycles. The Morgan fingerprint density at radius 1 is 1.56 bits per heavy atom. The fraction of sp³-hybridized carbons (Fsp3) is 1.00. The van der Waals surface area contributed by atoms with Crippen molar-refractivity contribution >= 4 is 0 Å². The van der Waals surface area contributed by atoms with Crippen molar-refractivity contribution in [1.29, 1.82) is 0 Å². The van der Waals surface area contributed by atoms with Crippen LogP contribution < -0.4 is 5.32 Å². The molecule has 9 heavy (non-hydrogen) atoms. The summed E-state index contributed by atoms with van der Waals surface area (Å²) >= 11 is 0. The first kappa shape index (κ1) is 6.96. The van der Waals surface area contributed by atoms with Crippen LogP contribution in [0.1, 0.15) is 12.8 Å². The largest absolute Gasteiger partial charge is 0.395 e. The summed E-state index contributed by atoms with van der Waals surface area (Å²) in [5, 5.41) is 11.5. The van der Waals surface area contributed by atoms with E-state index >= 15 is 0 Å². The van der Waals surface area contributed by atoms with Crippen LogP contribution in [0.3, 0.4) is 0 Å². The SMILES string of the molecule is OC[C@H]1CC[C@@H](F)CN1.